The molecule has 1 aromatic rings. The van der Waals surface area contributed by atoms with E-state index >= 15 is 0 Å². The van der Waals surface area contributed by atoms with Gasteiger partial charge in [-0.15, -0.1) is 0 Å². The van der Waals surface area contributed by atoms with E-state index in [-0.39, 0.29) is 5.97 Å². The molecule has 2 rings (SSSR count). The first-order valence-electron chi connectivity index (χ1n) is 5.58. The third-order valence-corrected chi connectivity index (χ3v) is 2.77. The van der Waals surface area contributed by atoms with Crippen LogP contribution in [-0.2, 0) is 11.3 Å². The minimum Gasteiger partial charge on any atom is -0.461 e. The molecule has 0 spiro atoms. The number of likely N-dealkylation sites (tertiary alicyclic amines) is 1. The summed E-state index contributed by atoms with van der Waals surface area (Å²) in [4.78, 5) is 13.8. The zero-order chi connectivity index (χ0) is 11.5. The van der Waals surface area contributed by atoms with E-state index in [1.807, 2.05) is 0 Å². The summed E-state index contributed by atoms with van der Waals surface area (Å²) in [6.45, 7) is 5.14. The van der Waals surface area contributed by atoms with Crippen molar-refractivity contribution >= 4 is 5.97 Å². The molecule has 1 aliphatic heterocycles. The van der Waals surface area contributed by atoms with Crippen LogP contribution in [0.2, 0.25) is 0 Å². The van der Waals surface area contributed by atoms with Gasteiger partial charge in [-0.25, -0.2) is 4.79 Å². The number of carbonyl (C=O) groups is 1. The van der Waals surface area contributed by atoms with Crippen LogP contribution in [-0.4, -0.2) is 47.4 Å². The van der Waals surface area contributed by atoms with Crippen molar-refractivity contribution in [1.82, 2.24) is 14.7 Å². The maximum absolute atomic E-state index is 11.6. The molecule has 1 fully saturated rings. The predicted molar refractivity (Wildman–Crippen MR) is 59.2 cm³/mol. The molecule has 16 heavy (non-hydrogen) atoms. The molecule has 2 heterocycles. The van der Waals surface area contributed by atoms with Crippen LogP contribution >= 0.6 is 0 Å². The summed E-state index contributed by atoms with van der Waals surface area (Å²) in [6.07, 6.45) is 1.65. The number of esters is 1. The van der Waals surface area contributed by atoms with Crippen LogP contribution in [0, 0.1) is 5.92 Å². The molecular formula is C11H17N3O2. The van der Waals surface area contributed by atoms with Crippen LogP contribution in [0.5, 0.6) is 0 Å². The summed E-state index contributed by atoms with van der Waals surface area (Å²) in [6, 6.07) is 1.71. The summed E-state index contributed by atoms with van der Waals surface area (Å²) in [5.41, 5.74) is 0.552. The third-order valence-electron chi connectivity index (χ3n) is 2.77. The van der Waals surface area contributed by atoms with Gasteiger partial charge in [-0.3, -0.25) is 4.68 Å². The topological polar surface area (TPSA) is 47.4 Å². The van der Waals surface area contributed by atoms with Gasteiger partial charge < -0.3 is 9.64 Å². The van der Waals surface area contributed by atoms with E-state index in [1.165, 1.54) is 0 Å². The molecule has 88 valence electrons. The number of aromatic nitrogens is 2. The molecule has 0 aliphatic carbocycles. The second kappa shape index (κ2) is 4.65. The molecule has 0 bridgehead atoms. The Morgan fingerprint density at radius 3 is 3.00 bits per heavy atom. The van der Waals surface area contributed by atoms with Crippen molar-refractivity contribution in [3.05, 3.63) is 18.0 Å². The first-order chi connectivity index (χ1) is 7.70. The van der Waals surface area contributed by atoms with Crippen LogP contribution in [0.15, 0.2) is 12.3 Å². The van der Waals surface area contributed by atoms with Crippen molar-refractivity contribution in [2.45, 2.75) is 13.5 Å². The normalized spacial score (nSPS) is 17.1. The fraction of sp³-hybridized carbons (Fsp3) is 0.636. The number of nitrogens with zero attached hydrogens (tertiary/aromatic N) is 3. The molecule has 0 saturated carbocycles. The second-order valence-electron chi connectivity index (χ2n) is 4.21. The fourth-order valence-electron chi connectivity index (χ4n) is 2.04. The quantitative estimate of drug-likeness (QED) is 0.702. The van der Waals surface area contributed by atoms with Gasteiger partial charge in [0.15, 0.2) is 0 Å². The Balaban J connectivity index is 1.99. The first-order valence-corrected chi connectivity index (χ1v) is 5.58. The molecule has 0 N–H and O–H groups in total. The Bertz CT molecular complexity index is 369. The fourth-order valence-corrected chi connectivity index (χ4v) is 2.04. The van der Waals surface area contributed by atoms with E-state index < -0.39 is 0 Å². The zero-order valence-corrected chi connectivity index (χ0v) is 9.72. The lowest BCUT2D eigenvalue weighted by atomic mass is 10.0. The van der Waals surface area contributed by atoms with Gasteiger partial charge in [-0.1, -0.05) is 0 Å². The van der Waals surface area contributed by atoms with E-state index in [2.05, 4.69) is 17.0 Å². The highest BCUT2D eigenvalue weighted by atomic mass is 16.5. The van der Waals surface area contributed by atoms with Crippen molar-refractivity contribution in [3.63, 3.8) is 0 Å². The smallest absolute Gasteiger partial charge is 0.356 e. The Morgan fingerprint density at radius 2 is 2.38 bits per heavy atom. The lowest BCUT2D eigenvalue weighted by Crippen LogP contribution is -2.46. The summed E-state index contributed by atoms with van der Waals surface area (Å²) < 4.78 is 6.72. The SMILES string of the molecule is CCOC(=O)c1ccnn1CC1CN(C)C1. The Labute approximate surface area is 95.0 Å². The number of hydrogen-bond acceptors (Lipinski definition) is 4. The van der Waals surface area contributed by atoms with Crippen LogP contribution in [0.25, 0.3) is 0 Å². The lowest BCUT2D eigenvalue weighted by molar-refractivity contribution is 0.0503. The van der Waals surface area contributed by atoms with Crippen molar-refractivity contribution in [2.75, 3.05) is 26.7 Å². The Hall–Kier alpha value is -1.36. The van der Waals surface area contributed by atoms with E-state index in [1.54, 1.807) is 23.9 Å². The highest BCUT2D eigenvalue weighted by Gasteiger charge is 2.25. The van der Waals surface area contributed by atoms with Crippen LogP contribution in [0.1, 0.15) is 17.4 Å². The summed E-state index contributed by atoms with van der Waals surface area (Å²) in [7, 11) is 2.09. The number of ether oxygens (including phenoxy) is 1. The average Bonchev–Trinajstić information content (AvgIpc) is 2.64. The molecule has 1 aliphatic rings. The summed E-state index contributed by atoms with van der Waals surface area (Å²) in [5.74, 6) is 0.311. The van der Waals surface area contributed by atoms with Crippen LogP contribution < -0.4 is 0 Å². The molecule has 0 unspecified atom stereocenters. The standard InChI is InChI=1S/C11H17N3O2/c1-3-16-11(15)10-4-5-12-14(10)8-9-6-13(2)7-9/h4-5,9H,3,6-8H2,1-2H3. The molecule has 0 amide bonds. The maximum atomic E-state index is 11.6. The van der Waals surface area contributed by atoms with Gasteiger partial charge >= 0.3 is 5.97 Å². The van der Waals surface area contributed by atoms with Crippen molar-refractivity contribution in [3.8, 4) is 0 Å². The van der Waals surface area contributed by atoms with Gasteiger partial charge in [0.05, 0.1) is 6.61 Å². The van der Waals surface area contributed by atoms with Crippen molar-refractivity contribution in [1.29, 1.82) is 0 Å². The lowest BCUT2D eigenvalue weighted by Gasteiger charge is -2.36. The Kier molecular flexibility index (Phi) is 3.24. The van der Waals surface area contributed by atoms with Gasteiger partial charge in [0, 0.05) is 31.7 Å². The molecule has 5 nitrogen and oxygen atoms in total. The Morgan fingerprint density at radius 1 is 1.62 bits per heavy atom. The van der Waals surface area contributed by atoms with Gasteiger partial charge in [-0.2, -0.15) is 5.10 Å². The van der Waals surface area contributed by atoms with E-state index in [9.17, 15) is 4.79 Å². The van der Waals surface area contributed by atoms with Crippen molar-refractivity contribution < 1.29 is 9.53 Å². The predicted octanol–water partition coefficient (Wildman–Crippen LogP) is 0.621. The number of rotatable bonds is 4. The van der Waals surface area contributed by atoms with E-state index in [4.69, 9.17) is 4.74 Å². The minimum absolute atomic E-state index is 0.285. The monoisotopic (exact) mass is 223 g/mol. The molecule has 0 aromatic carbocycles. The molecule has 0 atom stereocenters. The largest absolute Gasteiger partial charge is 0.461 e. The van der Waals surface area contributed by atoms with Crippen molar-refractivity contribution in [2.24, 2.45) is 5.92 Å². The average molecular weight is 223 g/mol. The molecule has 1 saturated heterocycles. The van der Waals surface area contributed by atoms with E-state index in [0.29, 0.717) is 18.2 Å². The molecule has 0 radical (unpaired) electrons. The molecule has 1 aromatic heterocycles. The number of hydrogen-bond donors (Lipinski definition) is 0. The highest BCUT2D eigenvalue weighted by molar-refractivity contribution is 5.87. The second-order valence-corrected chi connectivity index (χ2v) is 4.21. The van der Waals surface area contributed by atoms with Gasteiger partial charge in [0.1, 0.15) is 5.69 Å². The zero-order valence-electron chi connectivity index (χ0n) is 9.72. The minimum atomic E-state index is -0.285. The first kappa shape index (κ1) is 11.1. The maximum Gasteiger partial charge on any atom is 0.356 e. The van der Waals surface area contributed by atoms with Gasteiger partial charge in [0.2, 0.25) is 0 Å². The van der Waals surface area contributed by atoms with Crippen LogP contribution in [0.3, 0.4) is 0 Å². The number of carbonyl (C=O) groups excluding carboxylic acids is 1. The third kappa shape index (κ3) is 2.24. The molecule has 5 heteroatoms. The highest BCUT2D eigenvalue weighted by Crippen LogP contribution is 2.16. The van der Waals surface area contributed by atoms with E-state index in [0.717, 1.165) is 19.6 Å². The molecular weight excluding hydrogens is 206 g/mol. The van der Waals surface area contributed by atoms with Gasteiger partial charge in [0.25, 0.3) is 0 Å². The van der Waals surface area contributed by atoms with Gasteiger partial charge in [-0.05, 0) is 20.0 Å². The summed E-state index contributed by atoms with van der Waals surface area (Å²) >= 11 is 0. The summed E-state index contributed by atoms with van der Waals surface area (Å²) in [5, 5.41) is 4.16. The van der Waals surface area contributed by atoms with Crippen LogP contribution in [0.4, 0.5) is 0 Å².